The van der Waals surface area contributed by atoms with Crippen LogP contribution >= 0.6 is 0 Å². The first-order chi connectivity index (χ1) is 11.5. The van der Waals surface area contributed by atoms with Gasteiger partial charge < -0.3 is 10.1 Å². The van der Waals surface area contributed by atoms with Crippen LogP contribution in [0, 0.1) is 0 Å². The van der Waals surface area contributed by atoms with Crippen LogP contribution in [0.25, 0.3) is 10.9 Å². The molecule has 1 aromatic heterocycles. The largest absolute Gasteiger partial charge is 0.573 e. The maximum Gasteiger partial charge on any atom is 0.573 e. The predicted octanol–water partition coefficient (Wildman–Crippen LogP) is 4.18. The van der Waals surface area contributed by atoms with Gasteiger partial charge in [-0.3, -0.25) is 0 Å². The lowest BCUT2D eigenvalue weighted by Gasteiger charge is -2.11. The quantitative estimate of drug-likeness (QED) is 0.761. The van der Waals surface area contributed by atoms with Crippen LogP contribution in [0.4, 0.5) is 19.0 Å². The van der Waals surface area contributed by atoms with Gasteiger partial charge in [-0.05, 0) is 36.2 Å². The minimum absolute atomic E-state index is 0.215. The summed E-state index contributed by atoms with van der Waals surface area (Å²) in [4.78, 5) is 8.39. The Kier molecular flexibility index (Phi) is 4.50. The Labute approximate surface area is 136 Å². The molecule has 1 N–H and O–H groups in total. The van der Waals surface area contributed by atoms with Crippen molar-refractivity contribution >= 4 is 16.7 Å². The van der Waals surface area contributed by atoms with Crippen LogP contribution in [0.2, 0.25) is 0 Å². The van der Waals surface area contributed by atoms with Gasteiger partial charge in [-0.25, -0.2) is 9.97 Å². The fourth-order valence-corrected chi connectivity index (χ4v) is 2.37. The molecule has 124 valence electrons. The molecule has 3 rings (SSSR count). The Morgan fingerprint density at radius 3 is 2.67 bits per heavy atom. The molecule has 1 heterocycles. The minimum atomic E-state index is -4.68. The molecule has 3 aromatic rings. The van der Waals surface area contributed by atoms with Gasteiger partial charge in [0.1, 0.15) is 17.9 Å². The van der Waals surface area contributed by atoms with Gasteiger partial charge in [-0.1, -0.05) is 24.3 Å². The highest BCUT2D eigenvalue weighted by Gasteiger charge is 2.31. The average Bonchev–Trinajstić information content (AvgIpc) is 2.54. The lowest BCUT2D eigenvalue weighted by atomic mass is 10.1. The zero-order valence-electron chi connectivity index (χ0n) is 12.5. The van der Waals surface area contributed by atoms with Gasteiger partial charge in [-0.15, -0.1) is 13.2 Å². The molecule has 0 spiro atoms. The summed E-state index contributed by atoms with van der Waals surface area (Å²) < 4.78 is 40.7. The molecule has 0 aliphatic heterocycles. The van der Waals surface area contributed by atoms with Crippen LogP contribution in [0.3, 0.4) is 0 Å². The summed E-state index contributed by atoms with van der Waals surface area (Å²) in [7, 11) is 0. The van der Waals surface area contributed by atoms with Gasteiger partial charge in [0.2, 0.25) is 0 Å². The summed E-state index contributed by atoms with van der Waals surface area (Å²) in [6.45, 7) is 0.524. The summed E-state index contributed by atoms with van der Waals surface area (Å²) in [5.41, 5.74) is 1.57. The van der Waals surface area contributed by atoms with E-state index in [1.807, 2.05) is 24.3 Å². The van der Waals surface area contributed by atoms with E-state index in [0.29, 0.717) is 18.8 Å². The smallest absolute Gasteiger partial charge is 0.406 e. The van der Waals surface area contributed by atoms with Crippen LogP contribution in [0.1, 0.15) is 5.56 Å². The number of nitrogens with zero attached hydrogens (tertiary/aromatic N) is 2. The Morgan fingerprint density at radius 1 is 1.00 bits per heavy atom. The van der Waals surface area contributed by atoms with Crippen LogP contribution in [0.5, 0.6) is 5.75 Å². The highest BCUT2D eigenvalue weighted by atomic mass is 19.4. The molecule has 2 aromatic carbocycles. The number of ether oxygens (including phenoxy) is 1. The third-order valence-electron chi connectivity index (χ3n) is 3.38. The second kappa shape index (κ2) is 6.74. The molecule has 0 fully saturated rings. The van der Waals surface area contributed by atoms with E-state index in [4.69, 9.17) is 0 Å². The molecule has 0 atom stereocenters. The Hall–Kier alpha value is -2.83. The van der Waals surface area contributed by atoms with Crippen molar-refractivity contribution in [2.45, 2.75) is 12.8 Å². The first-order valence-electron chi connectivity index (χ1n) is 7.29. The van der Waals surface area contributed by atoms with E-state index >= 15 is 0 Å². The topological polar surface area (TPSA) is 47.0 Å². The number of anilines is 1. The molecule has 0 bridgehead atoms. The molecule has 0 aliphatic carbocycles. The number of alkyl halides is 3. The van der Waals surface area contributed by atoms with E-state index in [1.165, 1.54) is 24.5 Å². The first-order valence-corrected chi connectivity index (χ1v) is 7.29. The monoisotopic (exact) mass is 333 g/mol. The van der Waals surface area contributed by atoms with Gasteiger partial charge in [0, 0.05) is 11.9 Å². The van der Waals surface area contributed by atoms with E-state index < -0.39 is 6.36 Å². The van der Waals surface area contributed by atoms with Gasteiger partial charge in [0.25, 0.3) is 0 Å². The summed E-state index contributed by atoms with van der Waals surface area (Å²) in [5.74, 6) is 0.482. The number of benzene rings is 2. The second-order valence-electron chi connectivity index (χ2n) is 5.11. The molecule has 0 aliphatic rings. The van der Waals surface area contributed by atoms with Gasteiger partial charge >= 0.3 is 6.36 Å². The SMILES string of the molecule is FC(F)(F)Oc1cccc(CCNc2ncnc3ccccc23)c1. The molecule has 0 saturated heterocycles. The number of hydrogen-bond donors (Lipinski definition) is 1. The number of para-hydroxylation sites is 1. The third-order valence-corrected chi connectivity index (χ3v) is 3.38. The summed E-state index contributed by atoms with van der Waals surface area (Å²) >= 11 is 0. The van der Waals surface area contributed by atoms with Gasteiger partial charge in [0.15, 0.2) is 0 Å². The third kappa shape index (κ3) is 4.13. The number of halogens is 3. The molecule has 0 amide bonds. The van der Waals surface area contributed by atoms with Crippen molar-refractivity contribution in [1.82, 2.24) is 9.97 Å². The molecule has 7 heteroatoms. The average molecular weight is 333 g/mol. The Balaban J connectivity index is 1.65. The number of aromatic nitrogens is 2. The maximum absolute atomic E-state index is 12.2. The van der Waals surface area contributed by atoms with E-state index in [1.54, 1.807) is 6.07 Å². The van der Waals surface area contributed by atoms with E-state index in [9.17, 15) is 13.2 Å². The lowest BCUT2D eigenvalue weighted by molar-refractivity contribution is -0.274. The van der Waals surface area contributed by atoms with Crippen molar-refractivity contribution in [3.63, 3.8) is 0 Å². The second-order valence-corrected chi connectivity index (χ2v) is 5.11. The first kappa shape index (κ1) is 16.0. The standard InChI is InChI=1S/C17H14F3N3O/c18-17(19,20)24-13-5-3-4-12(10-13)8-9-21-16-14-6-1-2-7-15(14)22-11-23-16/h1-7,10-11H,8-9H2,(H,21,22,23). The fraction of sp³-hybridized carbons (Fsp3) is 0.176. The van der Waals surface area contributed by atoms with Crippen LogP contribution in [-0.2, 0) is 6.42 Å². The molecule has 0 saturated carbocycles. The minimum Gasteiger partial charge on any atom is -0.406 e. The fourth-order valence-electron chi connectivity index (χ4n) is 2.37. The van der Waals surface area contributed by atoms with Gasteiger partial charge in [0.05, 0.1) is 5.52 Å². The van der Waals surface area contributed by atoms with E-state index in [0.717, 1.165) is 16.5 Å². The summed E-state index contributed by atoms with van der Waals surface area (Å²) in [5, 5.41) is 4.09. The van der Waals surface area contributed by atoms with Crippen molar-refractivity contribution < 1.29 is 17.9 Å². The molecule has 24 heavy (non-hydrogen) atoms. The van der Waals surface area contributed by atoms with Gasteiger partial charge in [-0.2, -0.15) is 0 Å². The highest BCUT2D eigenvalue weighted by Crippen LogP contribution is 2.23. The maximum atomic E-state index is 12.2. The zero-order chi connectivity index (χ0) is 17.0. The van der Waals surface area contributed by atoms with Crippen LogP contribution < -0.4 is 10.1 Å². The van der Waals surface area contributed by atoms with Crippen molar-refractivity contribution in [1.29, 1.82) is 0 Å². The van der Waals surface area contributed by atoms with Crippen molar-refractivity contribution in [3.05, 3.63) is 60.4 Å². The van der Waals surface area contributed by atoms with Crippen LogP contribution in [-0.4, -0.2) is 22.9 Å². The van der Waals surface area contributed by atoms with E-state index in [-0.39, 0.29) is 5.75 Å². The Bertz CT molecular complexity index is 831. The van der Waals surface area contributed by atoms with Crippen molar-refractivity contribution in [2.24, 2.45) is 0 Å². The lowest BCUT2D eigenvalue weighted by Crippen LogP contribution is -2.17. The number of fused-ring (bicyclic) bond motifs is 1. The zero-order valence-corrected chi connectivity index (χ0v) is 12.5. The summed E-state index contributed by atoms with van der Waals surface area (Å²) in [6, 6.07) is 13.5. The summed E-state index contributed by atoms with van der Waals surface area (Å²) in [6.07, 6.45) is -2.67. The van der Waals surface area contributed by atoms with Crippen molar-refractivity contribution in [3.8, 4) is 5.75 Å². The molecule has 4 nitrogen and oxygen atoms in total. The number of rotatable bonds is 5. The number of nitrogens with one attached hydrogen (secondary N) is 1. The normalized spacial score (nSPS) is 11.5. The van der Waals surface area contributed by atoms with E-state index in [2.05, 4.69) is 20.0 Å². The molecular formula is C17H14F3N3O. The molecular weight excluding hydrogens is 319 g/mol. The van der Waals surface area contributed by atoms with Crippen LogP contribution in [0.15, 0.2) is 54.9 Å². The Morgan fingerprint density at radius 2 is 1.83 bits per heavy atom. The predicted molar refractivity (Wildman–Crippen MR) is 84.9 cm³/mol. The highest BCUT2D eigenvalue weighted by molar-refractivity contribution is 5.88. The molecule has 0 unspecified atom stereocenters. The number of hydrogen-bond acceptors (Lipinski definition) is 4. The molecule has 0 radical (unpaired) electrons. The van der Waals surface area contributed by atoms with Crippen molar-refractivity contribution in [2.75, 3.05) is 11.9 Å².